The van der Waals surface area contributed by atoms with Crippen molar-refractivity contribution in [3.8, 4) is 0 Å². The first kappa shape index (κ1) is 17.8. The van der Waals surface area contributed by atoms with Crippen molar-refractivity contribution in [2.45, 2.75) is 27.3 Å². The largest absolute Gasteiger partial charge is 0.358 e. The summed E-state index contributed by atoms with van der Waals surface area (Å²) in [5.74, 6) is -0.000453. The molecular formula is C21H21N5O2. The number of anilines is 1. The van der Waals surface area contributed by atoms with Gasteiger partial charge in [0.15, 0.2) is 0 Å². The molecule has 0 spiro atoms. The normalized spacial score (nSPS) is 11.1. The van der Waals surface area contributed by atoms with Crippen molar-refractivity contribution in [3.05, 3.63) is 69.6 Å². The molecule has 1 amide bonds. The highest BCUT2D eigenvalue weighted by atomic mass is 16.2. The molecule has 0 fully saturated rings. The summed E-state index contributed by atoms with van der Waals surface area (Å²) in [6.07, 6.45) is 0. The molecule has 0 radical (unpaired) electrons. The highest BCUT2D eigenvalue weighted by Gasteiger charge is 2.13. The second kappa shape index (κ2) is 6.84. The molecule has 0 aliphatic carbocycles. The van der Waals surface area contributed by atoms with Gasteiger partial charge in [-0.05, 0) is 56.7 Å². The van der Waals surface area contributed by atoms with Crippen LogP contribution in [0, 0.1) is 13.8 Å². The molecular weight excluding hydrogens is 354 g/mol. The van der Waals surface area contributed by atoms with Crippen LogP contribution in [0.5, 0.6) is 0 Å². The molecule has 142 valence electrons. The molecule has 0 aliphatic heterocycles. The number of nitrogens with one attached hydrogen (secondary N) is 3. The summed E-state index contributed by atoms with van der Waals surface area (Å²) in [4.78, 5) is 33.0. The maximum atomic E-state index is 12.6. The predicted molar refractivity (Wildman–Crippen MR) is 111 cm³/mol. The summed E-state index contributed by atoms with van der Waals surface area (Å²) < 4.78 is 1.49. The van der Waals surface area contributed by atoms with Crippen LogP contribution in [0.3, 0.4) is 0 Å². The van der Waals surface area contributed by atoms with Crippen LogP contribution in [-0.4, -0.2) is 20.4 Å². The second-order valence-electron chi connectivity index (χ2n) is 6.72. The van der Waals surface area contributed by atoms with E-state index in [0.29, 0.717) is 29.0 Å². The van der Waals surface area contributed by atoms with E-state index in [0.717, 1.165) is 22.2 Å². The lowest BCUT2D eigenvalue weighted by atomic mass is 10.1. The van der Waals surface area contributed by atoms with Crippen LogP contribution in [0.2, 0.25) is 0 Å². The van der Waals surface area contributed by atoms with Gasteiger partial charge in [0.25, 0.3) is 11.5 Å². The number of aromatic nitrogens is 3. The Hall–Kier alpha value is -3.61. The van der Waals surface area contributed by atoms with Crippen LogP contribution in [-0.2, 0) is 6.54 Å². The molecule has 0 aliphatic rings. The number of hydrazine groups is 1. The van der Waals surface area contributed by atoms with E-state index < -0.39 is 0 Å². The van der Waals surface area contributed by atoms with Crippen molar-refractivity contribution in [3.63, 3.8) is 0 Å². The zero-order valence-corrected chi connectivity index (χ0v) is 16.0. The zero-order valence-electron chi connectivity index (χ0n) is 16.0. The van der Waals surface area contributed by atoms with Crippen molar-refractivity contribution in [2.75, 3.05) is 5.43 Å². The minimum Gasteiger partial charge on any atom is -0.358 e. The van der Waals surface area contributed by atoms with Crippen molar-refractivity contribution < 1.29 is 4.79 Å². The van der Waals surface area contributed by atoms with Crippen LogP contribution >= 0.6 is 0 Å². The van der Waals surface area contributed by atoms with Gasteiger partial charge in [-0.3, -0.25) is 25.0 Å². The molecule has 2 heterocycles. The van der Waals surface area contributed by atoms with Gasteiger partial charge in [0, 0.05) is 28.7 Å². The number of carbonyl (C=O) groups is 1. The Morgan fingerprint density at radius 1 is 1.14 bits per heavy atom. The van der Waals surface area contributed by atoms with E-state index in [1.54, 1.807) is 24.3 Å². The number of hydrogen-bond acceptors (Lipinski definition) is 4. The van der Waals surface area contributed by atoms with Gasteiger partial charge in [-0.15, -0.1) is 0 Å². The fourth-order valence-corrected chi connectivity index (χ4v) is 3.34. The van der Waals surface area contributed by atoms with E-state index in [9.17, 15) is 9.59 Å². The maximum Gasteiger partial charge on any atom is 0.269 e. The van der Waals surface area contributed by atoms with Crippen molar-refractivity contribution in [2.24, 2.45) is 0 Å². The van der Waals surface area contributed by atoms with Gasteiger partial charge < -0.3 is 4.98 Å². The Morgan fingerprint density at radius 3 is 2.71 bits per heavy atom. The summed E-state index contributed by atoms with van der Waals surface area (Å²) in [6, 6.07) is 12.6. The number of rotatable bonds is 4. The Balaban J connectivity index is 1.63. The summed E-state index contributed by atoms with van der Waals surface area (Å²) >= 11 is 0. The maximum absolute atomic E-state index is 12.6. The van der Waals surface area contributed by atoms with Crippen molar-refractivity contribution in [1.82, 2.24) is 20.0 Å². The van der Waals surface area contributed by atoms with Gasteiger partial charge in [-0.2, -0.15) is 0 Å². The zero-order chi connectivity index (χ0) is 19.8. The number of aryl methyl sites for hydroxylation is 2. The Labute approximate surface area is 161 Å². The fraction of sp³-hybridized carbons (Fsp3) is 0.190. The van der Waals surface area contributed by atoms with Crippen molar-refractivity contribution >= 4 is 33.7 Å². The second-order valence-corrected chi connectivity index (χ2v) is 6.72. The third-order valence-corrected chi connectivity index (χ3v) is 5.04. The summed E-state index contributed by atoms with van der Waals surface area (Å²) in [6.45, 7) is 6.32. The molecule has 3 N–H and O–H groups in total. The molecule has 0 saturated carbocycles. The average molecular weight is 375 g/mol. The van der Waals surface area contributed by atoms with Gasteiger partial charge >= 0.3 is 0 Å². The number of H-pyrrole nitrogens is 1. The molecule has 0 atom stereocenters. The van der Waals surface area contributed by atoms with Gasteiger partial charge in [0.2, 0.25) is 5.95 Å². The van der Waals surface area contributed by atoms with E-state index >= 15 is 0 Å². The van der Waals surface area contributed by atoms with Crippen LogP contribution in [0.15, 0.2) is 47.3 Å². The van der Waals surface area contributed by atoms with E-state index in [1.807, 2.05) is 39.0 Å². The van der Waals surface area contributed by atoms with Crippen LogP contribution in [0.1, 0.15) is 28.5 Å². The highest BCUT2D eigenvalue weighted by Crippen LogP contribution is 2.22. The number of nitrogens with zero attached hydrogens (tertiary/aromatic N) is 2. The van der Waals surface area contributed by atoms with Crippen LogP contribution in [0.25, 0.3) is 21.8 Å². The molecule has 0 bridgehead atoms. The van der Waals surface area contributed by atoms with Gasteiger partial charge in [0.05, 0.1) is 10.9 Å². The first-order valence-corrected chi connectivity index (χ1v) is 9.14. The van der Waals surface area contributed by atoms with E-state index in [1.165, 1.54) is 4.57 Å². The molecule has 4 rings (SSSR count). The molecule has 2 aromatic heterocycles. The predicted octanol–water partition coefficient (Wildman–Crippen LogP) is 3.27. The highest BCUT2D eigenvalue weighted by molar-refractivity contribution is 5.99. The van der Waals surface area contributed by atoms with Gasteiger partial charge in [-0.1, -0.05) is 12.1 Å². The molecule has 7 nitrogen and oxygen atoms in total. The molecule has 2 aromatic carbocycles. The monoisotopic (exact) mass is 375 g/mol. The van der Waals surface area contributed by atoms with E-state index in [-0.39, 0.29) is 11.5 Å². The van der Waals surface area contributed by atoms with E-state index in [2.05, 4.69) is 20.8 Å². The number of para-hydroxylation sites is 1. The first-order chi connectivity index (χ1) is 13.5. The standard InChI is InChI=1S/C21H21N5O2/c1-4-26-20(28)15-7-5-6-8-17(15)23-21(26)25-24-19(27)14-9-10-18-16(11-14)12(2)13(3)22-18/h5-11,22H,4H2,1-3H3,(H,23,25)(H,24,27). The molecule has 4 aromatic rings. The number of hydrogen-bond donors (Lipinski definition) is 3. The minimum atomic E-state index is -0.301. The molecule has 28 heavy (non-hydrogen) atoms. The van der Waals surface area contributed by atoms with Crippen molar-refractivity contribution in [1.29, 1.82) is 0 Å². The SMILES string of the molecule is CCn1c(NNC(=O)c2ccc3[nH]c(C)c(C)c3c2)nc2ccccc2c1=O. The summed E-state index contributed by atoms with van der Waals surface area (Å²) in [5.41, 5.74) is 9.61. The average Bonchev–Trinajstić information content (AvgIpc) is 2.99. The Bertz CT molecular complexity index is 1270. The number of aromatic amines is 1. The lowest BCUT2D eigenvalue weighted by Crippen LogP contribution is -2.34. The number of benzene rings is 2. The number of carbonyl (C=O) groups excluding carboxylic acids is 1. The Morgan fingerprint density at radius 2 is 1.93 bits per heavy atom. The fourth-order valence-electron chi connectivity index (χ4n) is 3.34. The molecule has 0 unspecified atom stereocenters. The number of fused-ring (bicyclic) bond motifs is 2. The molecule has 0 saturated heterocycles. The third kappa shape index (κ3) is 2.90. The van der Waals surface area contributed by atoms with Gasteiger partial charge in [0.1, 0.15) is 0 Å². The lowest BCUT2D eigenvalue weighted by molar-refractivity contribution is 0.0962. The first-order valence-electron chi connectivity index (χ1n) is 9.14. The van der Waals surface area contributed by atoms with Gasteiger partial charge in [-0.25, -0.2) is 4.98 Å². The minimum absolute atomic E-state index is 0.148. The smallest absolute Gasteiger partial charge is 0.269 e. The summed E-state index contributed by atoms with van der Waals surface area (Å²) in [5, 5.41) is 1.56. The quantitative estimate of drug-likeness (QED) is 0.477. The Kier molecular flexibility index (Phi) is 4.35. The van der Waals surface area contributed by atoms with Crippen LogP contribution in [0.4, 0.5) is 5.95 Å². The van der Waals surface area contributed by atoms with E-state index in [4.69, 9.17) is 0 Å². The topological polar surface area (TPSA) is 91.8 Å². The van der Waals surface area contributed by atoms with Crippen LogP contribution < -0.4 is 16.4 Å². The number of amides is 1. The lowest BCUT2D eigenvalue weighted by Gasteiger charge is -2.14. The molecule has 7 heteroatoms. The summed E-state index contributed by atoms with van der Waals surface area (Å²) in [7, 11) is 0. The third-order valence-electron chi connectivity index (χ3n) is 5.04.